The molecule has 0 spiro atoms. The fourth-order valence-electron chi connectivity index (χ4n) is 5.48. The molecular formula is C31H42O17. The van der Waals surface area contributed by atoms with Crippen LogP contribution < -0.4 is 0 Å². The van der Waals surface area contributed by atoms with Gasteiger partial charge in [-0.05, 0) is 24.6 Å². The summed E-state index contributed by atoms with van der Waals surface area (Å²) in [5.41, 5.74) is 1.05. The topological polar surface area (TPSA) is 261 Å². The SMILES string of the molecule is CC=C1[C@H](O[C@@H]2O[C@@H](CO[C@@H]3O[C@@H](CO)[C@@H](O)[C@@H](O)[C@H]3O)[C@@H](O)[C@@H](O)[C@@H]2O)OC=C(C(=O)OC)[C@H]1CC(=O)OCCc1ccc(O)cc1. The van der Waals surface area contributed by atoms with Crippen LogP contribution >= 0.6 is 0 Å². The zero-order chi connectivity index (χ0) is 35.1. The van der Waals surface area contributed by atoms with Crippen LogP contribution in [0.4, 0.5) is 0 Å². The smallest absolute Gasteiger partial charge is 0.337 e. The maximum Gasteiger partial charge on any atom is 0.337 e. The number of aliphatic hydroxyl groups excluding tert-OH is 7. The van der Waals surface area contributed by atoms with E-state index in [0.29, 0.717) is 6.42 Å². The predicted octanol–water partition coefficient (Wildman–Crippen LogP) is -2.52. The Labute approximate surface area is 275 Å². The van der Waals surface area contributed by atoms with E-state index >= 15 is 0 Å². The normalized spacial score (nSPS) is 36.2. The molecule has 3 aliphatic heterocycles. The molecule has 2 saturated heterocycles. The average Bonchev–Trinajstić information content (AvgIpc) is 3.08. The Bertz CT molecular complexity index is 1280. The number of hydrogen-bond donors (Lipinski definition) is 8. The average molecular weight is 687 g/mol. The lowest BCUT2D eigenvalue weighted by Gasteiger charge is -2.43. The minimum Gasteiger partial charge on any atom is -0.508 e. The molecule has 1 aromatic rings. The van der Waals surface area contributed by atoms with E-state index in [1.807, 2.05) is 0 Å². The number of ether oxygens (including phenoxy) is 7. The van der Waals surface area contributed by atoms with Gasteiger partial charge in [0.05, 0.1) is 45.2 Å². The first-order chi connectivity index (χ1) is 22.9. The van der Waals surface area contributed by atoms with E-state index in [-0.39, 0.29) is 29.9 Å². The Morgan fingerprint density at radius 1 is 0.875 bits per heavy atom. The summed E-state index contributed by atoms with van der Waals surface area (Å²) in [4.78, 5) is 25.5. The monoisotopic (exact) mass is 686 g/mol. The van der Waals surface area contributed by atoms with E-state index in [4.69, 9.17) is 33.2 Å². The van der Waals surface area contributed by atoms with Gasteiger partial charge in [-0.1, -0.05) is 18.2 Å². The van der Waals surface area contributed by atoms with Gasteiger partial charge in [-0.3, -0.25) is 4.79 Å². The number of phenols is 1. The minimum absolute atomic E-state index is 0.0180. The number of methoxy groups -OCH3 is 1. The Balaban J connectivity index is 1.42. The number of aromatic hydroxyl groups is 1. The van der Waals surface area contributed by atoms with Crippen molar-refractivity contribution in [1.82, 2.24) is 0 Å². The summed E-state index contributed by atoms with van der Waals surface area (Å²) in [7, 11) is 1.15. The maximum atomic E-state index is 12.9. The standard InChI is InChI=1S/C31H42O17/c1-3-16-17(10-21(34)43-9-8-14-4-6-15(33)7-5-14)18(28(41)42-2)12-44-29(16)48-31-27(40)25(38)23(36)20(47-31)13-45-30-26(39)24(37)22(35)19(11-32)46-30/h3-7,12,17,19-20,22-27,29-33,35-40H,8-11,13H2,1-2H3/t17-,19-,20-,22+,23+,24+,25+,26+,27-,29-,30+,31-/m0/s1. The van der Waals surface area contributed by atoms with Crippen molar-refractivity contribution < 1.29 is 83.6 Å². The van der Waals surface area contributed by atoms with Crippen LogP contribution in [0.15, 0.2) is 47.7 Å². The molecule has 3 heterocycles. The van der Waals surface area contributed by atoms with Gasteiger partial charge < -0.3 is 74.0 Å². The van der Waals surface area contributed by atoms with E-state index in [1.54, 1.807) is 19.1 Å². The second-order valence-corrected chi connectivity index (χ2v) is 11.4. The molecule has 0 aliphatic carbocycles. The minimum atomic E-state index is -1.83. The van der Waals surface area contributed by atoms with Gasteiger partial charge >= 0.3 is 11.9 Å². The third-order valence-corrected chi connectivity index (χ3v) is 8.28. The summed E-state index contributed by atoms with van der Waals surface area (Å²) < 4.78 is 38.1. The molecule has 4 rings (SSSR count). The third kappa shape index (κ3) is 8.68. The molecule has 17 heteroatoms. The van der Waals surface area contributed by atoms with E-state index in [1.165, 1.54) is 18.2 Å². The maximum absolute atomic E-state index is 12.9. The van der Waals surface area contributed by atoms with Crippen molar-refractivity contribution in [2.24, 2.45) is 5.92 Å². The van der Waals surface area contributed by atoms with Crippen molar-refractivity contribution in [2.75, 3.05) is 26.9 Å². The van der Waals surface area contributed by atoms with Crippen molar-refractivity contribution in [3.63, 3.8) is 0 Å². The molecule has 48 heavy (non-hydrogen) atoms. The molecule has 12 atom stereocenters. The van der Waals surface area contributed by atoms with Crippen LogP contribution in [-0.2, 0) is 49.2 Å². The molecule has 0 amide bonds. The fraction of sp³-hybridized carbons (Fsp3) is 0.613. The summed E-state index contributed by atoms with van der Waals surface area (Å²) >= 11 is 0. The highest BCUT2D eigenvalue weighted by Gasteiger charge is 2.49. The van der Waals surface area contributed by atoms with Gasteiger partial charge in [-0.25, -0.2) is 4.79 Å². The highest BCUT2D eigenvalue weighted by atomic mass is 16.8. The predicted molar refractivity (Wildman–Crippen MR) is 157 cm³/mol. The number of carbonyl (C=O) groups excluding carboxylic acids is 2. The molecule has 8 N–H and O–H groups in total. The number of allylic oxidation sites excluding steroid dienone is 1. The van der Waals surface area contributed by atoms with Crippen LogP contribution in [-0.4, -0.2) is 147 Å². The van der Waals surface area contributed by atoms with Crippen LogP contribution in [0.5, 0.6) is 5.75 Å². The van der Waals surface area contributed by atoms with Crippen LogP contribution in [0.25, 0.3) is 0 Å². The molecule has 0 radical (unpaired) electrons. The van der Waals surface area contributed by atoms with Crippen molar-refractivity contribution in [3.8, 4) is 5.75 Å². The van der Waals surface area contributed by atoms with Gasteiger partial charge in [0, 0.05) is 17.9 Å². The first kappa shape index (κ1) is 37.6. The summed E-state index contributed by atoms with van der Waals surface area (Å²) in [5, 5.41) is 80.9. The fourth-order valence-corrected chi connectivity index (χ4v) is 5.48. The zero-order valence-corrected chi connectivity index (χ0v) is 26.2. The molecule has 17 nitrogen and oxygen atoms in total. The van der Waals surface area contributed by atoms with E-state index in [0.717, 1.165) is 18.9 Å². The first-order valence-corrected chi connectivity index (χ1v) is 15.2. The molecule has 0 aromatic heterocycles. The van der Waals surface area contributed by atoms with Gasteiger partial charge in [-0.2, -0.15) is 0 Å². The summed E-state index contributed by atoms with van der Waals surface area (Å²) in [6.07, 6.45) is -15.1. The molecule has 1 aromatic carbocycles. The summed E-state index contributed by atoms with van der Waals surface area (Å²) in [6, 6.07) is 6.38. The van der Waals surface area contributed by atoms with Gasteiger partial charge in [0.2, 0.25) is 6.29 Å². The van der Waals surface area contributed by atoms with Gasteiger partial charge in [0.1, 0.15) is 54.6 Å². The Kier molecular flexibility index (Phi) is 13.3. The van der Waals surface area contributed by atoms with Crippen molar-refractivity contribution in [3.05, 3.63) is 53.3 Å². The second-order valence-electron chi connectivity index (χ2n) is 11.4. The molecule has 0 bridgehead atoms. The quantitative estimate of drug-likeness (QED) is 0.0834. The number of aliphatic hydroxyl groups is 7. The summed E-state index contributed by atoms with van der Waals surface area (Å²) in [6.45, 7) is 0.324. The molecule has 268 valence electrons. The lowest BCUT2D eigenvalue weighted by Crippen LogP contribution is -2.62. The number of benzene rings is 1. The first-order valence-electron chi connectivity index (χ1n) is 15.2. The van der Waals surface area contributed by atoms with E-state index < -0.39 is 98.8 Å². The number of hydrogen-bond acceptors (Lipinski definition) is 17. The van der Waals surface area contributed by atoms with Crippen LogP contribution in [0, 0.1) is 5.92 Å². The van der Waals surface area contributed by atoms with Crippen LogP contribution in [0.2, 0.25) is 0 Å². The lowest BCUT2D eigenvalue weighted by molar-refractivity contribution is -0.344. The summed E-state index contributed by atoms with van der Waals surface area (Å²) in [5.74, 6) is -2.30. The van der Waals surface area contributed by atoms with Gasteiger partial charge in [0.15, 0.2) is 12.6 Å². The zero-order valence-electron chi connectivity index (χ0n) is 26.2. The largest absolute Gasteiger partial charge is 0.508 e. The number of carbonyl (C=O) groups is 2. The van der Waals surface area contributed by atoms with Gasteiger partial charge in [0.25, 0.3) is 0 Å². The number of rotatable bonds is 12. The molecule has 0 unspecified atom stereocenters. The molecular weight excluding hydrogens is 644 g/mol. The highest BCUT2D eigenvalue weighted by molar-refractivity contribution is 5.90. The third-order valence-electron chi connectivity index (χ3n) is 8.28. The van der Waals surface area contributed by atoms with Crippen LogP contribution in [0.1, 0.15) is 18.9 Å². The Morgan fingerprint density at radius 3 is 2.12 bits per heavy atom. The number of esters is 2. The van der Waals surface area contributed by atoms with E-state index in [9.17, 15) is 50.4 Å². The lowest BCUT2D eigenvalue weighted by atomic mass is 9.86. The van der Waals surface area contributed by atoms with E-state index in [2.05, 4.69) is 0 Å². The van der Waals surface area contributed by atoms with Crippen molar-refractivity contribution in [2.45, 2.75) is 87.5 Å². The van der Waals surface area contributed by atoms with Crippen molar-refractivity contribution in [1.29, 1.82) is 0 Å². The van der Waals surface area contributed by atoms with Crippen LogP contribution in [0.3, 0.4) is 0 Å². The number of phenolic OH excluding ortho intramolecular Hbond substituents is 1. The molecule has 0 saturated carbocycles. The Morgan fingerprint density at radius 2 is 1.50 bits per heavy atom. The van der Waals surface area contributed by atoms with Crippen molar-refractivity contribution >= 4 is 11.9 Å². The Hall–Kier alpha value is -3.20. The second kappa shape index (κ2) is 17.0. The van der Waals surface area contributed by atoms with Gasteiger partial charge in [-0.15, -0.1) is 0 Å². The molecule has 3 aliphatic rings. The molecule has 2 fully saturated rings. The highest BCUT2D eigenvalue weighted by Crippen LogP contribution is 2.36.